The van der Waals surface area contributed by atoms with Crippen LogP contribution in [0.1, 0.15) is 15.9 Å². The van der Waals surface area contributed by atoms with E-state index in [9.17, 15) is 13.6 Å². The first-order valence-corrected chi connectivity index (χ1v) is 6.25. The van der Waals surface area contributed by atoms with Crippen LogP contribution in [0.5, 0.6) is 11.5 Å². The highest BCUT2D eigenvalue weighted by Crippen LogP contribution is 2.23. The Morgan fingerprint density at radius 1 is 1.05 bits per heavy atom. The Morgan fingerprint density at radius 3 is 2.43 bits per heavy atom. The van der Waals surface area contributed by atoms with Crippen molar-refractivity contribution in [1.29, 1.82) is 0 Å². The van der Waals surface area contributed by atoms with Crippen molar-refractivity contribution in [2.24, 2.45) is 0 Å². The molecule has 0 aliphatic heterocycles. The zero-order valence-corrected chi connectivity index (χ0v) is 11.7. The van der Waals surface area contributed by atoms with E-state index in [0.29, 0.717) is 0 Å². The van der Waals surface area contributed by atoms with Crippen LogP contribution in [0.3, 0.4) is 0 Å². The third-order valence-corrected chi connectivity index (χ3v) is 3.09. The van der Waals surface area contributed by atoms with Gasteiger partial charge < -0.3 is 9.47 Å². The van der Waals surface area contributed by atoms with Crippen LogP contribution >= 0.6 is 0 Å². The summed E-state index contributed by atoms with van der Waals surface area (Å²) >= 11 is 0. The highest BCUT2D eigenvalue weighted by molar-refractivity contribution is 5.97. The summed E-state index contributed by atoms with van der Waals surface area (Å²) in [5.41, 5.74) is 0.484. The summed E-state index contributed by atoms with van der Waals surface area (Å²) in [7, 11) is 2.67. The highest BCUT2D eigenvalue weighted by atomic mass is 19.1. The van der Waals surface area contributed by atoms with Crippen LogP contribution in [0.15, 0.2) is 36.4 Å². The second-order valence-corrected chi connectivity index (χ2v) is 4.38. The minimum absolute atomic E-state index is 0.0213. The number of Topliss-reactive ketones (excluding diaryl/α,β-unsaturated/α-hetero) is 1. The van der Waals surface area contributed by atoms with Gasteiger partial charge in [-0.2, -0.15) is 0 Å². The normalized spacial score (nSPS) is 10.3. The van der Waals surface area contributed by atoms with Gasteiger partial charge in [-0.3, -0.25) is 4.79 Å². The number of carbonyl (C=O) groups excluding carboxylic acids is 1. The summed E-state index contributed by atoms with van der Waals surface area (Å²) < 4.78 is 37.0. The lowest BCUT2D eigenvalue weighted by molar-refractivity contribution is 0.0991. The standard InChI is InChI=1S/C16H14F2O3/c1-20-14-5-3-4-11(16(14)18)8-13(19)10-6-7-12(17)15(9-10)21-2/h3-7,9H,8H2,1-2H3. The molecular weight excluding hydrogens is 278 g/mol. The van der Waals surface area contributed by atoms with Gasteiger partial charge in [0.1, 0.15) is 0 Å². The van der Waals surface area contributed by atoms with E-state index in [-0.39, 0.29) is 34.8 Å². The summed E-state index contributed by atoms with van der Waals surface area (Å²) in [6, 6.07) is 8.39. The third kappa shape index (κ3) is 3.18. The van der Waals surface area contributed by atoms with Gasteiger partial charge in [-0.05, 0) is 29.8 Å². The van der Waals surface area contributed by atoms with Gasteiger partial charge in [0.2, 0.25) is 0 Å². The van der Waals surface area contributed by atoms with Crippen molar-refractivity contribution < 1.29 is 23.0 Å². The zero-order chi connectivity index (χ0) is 15.4. The molecule has 0 atom stereocenters. The Bertz CT molecular complexity index is 669. The van der Waals surface area contributed by atoms with E-state index in [0.717, 1.165) is 6.07 Å². The topological polar surface area (TPSA) is 35.5 Å². The molecule has 0 aliphatic carbocycles. The van der Waals surface area contributed by atoms with Gasteiger partial charge in [-0.15, -0.1) is 0 Å². The van der Waals surface area contributed by atoms with Gasteiger partial charge in [0.05, 0.1) is 14.2 Å². The predicted molar refractivity (Wildman–Crippen MR) is 73.9 cm³/mol. The fourth-order valence-electron chi connectivity index (χ4n) is 1.96. The lowest BCUT2D eigenvalue weighted by Crippen LogP contribution is -2.06. The van der Waals surface area contributed by atoms with E-state index in [4.69, 9.17) is 9.47 Å². The van der Waals surface area contributed by atoms with Crippen molar-refractivity contribution in [2.75, 3.05) is 14.2 Å². The molecule has 2 aromatic carbocycles. The number of methoxy groups -OCH3 is 2. The molecule has 0 aliphatic rings. The van der Waals surface area contributed by atoms with E-state index >= 15 is 0 Å². The molecule has 0 saturated heterocycles. The number of rotatable bonds is 5. The van der Waals surface area contributed by atoms with Gasteiger partial charge in [0.25, 0.3) is 0 Å². The number of hydrogen-bond acceptors (Lipinski definition) is 3. The summed E-state index contributed by atoms with van der Waals surface area (Å²) in [6.45, 7) is 0. The Kier molecular flexibility index (Phi) is 4.52. The number of hydrogen-bond donors (Lipinski definition) is 0. The first kappa shape index (κ1) is 15.0. The molecule has 2 aromatic rings. The number of halogens is 2. The highest BCUT2D eigenvalue weighted by Gasteiger charge is 2.15. The molecule has 0 fully saturated rings. The molecule has 110 valence electrons. The average Bonchev–Trinajstić information content (AvgIpc) is 2.49. The predicted octanol–water partition coefficient (Wildman–Crippen LogP) is 3.41. The molecule has 0 heterocycles. The molecule has 0 bridgehead atoms. The number of ketones is 1. The third-order valence-electron chi connectivity index (χ3n) is 3.09. The van der Waals surface area contributed by atoms with E-state index in [1.165, 1.54) is 38.5 Å². The van der Waals surface area contributed by atoms with Gasteiger partial charge in [-0.25, -0.2) is 8.78 Å². The molecule has 0 N–H and O–H groups in total. The SMILES string of the molecule is COc1cc(C(=O)Cc2cccc(OC)c2F)ccc1F. The van der Waals surface area contributed by atoms with Crippen LogP contribution in [0.4, 0.5) is 8.78 Å². The van der Waals surface area contributed by atoms with Crippen LogP contribution in [-0.2, 0) is 6.42 Å². The van der Waals surface area contributed by atoms with Crippen molar-refractivity contribution in [2.45, 2.75) is 6.42 Å². The van der Waals surface area contributed by atoms with Crippen LogP contribution < -0.4 is 9.47 Å². The van der Waals surface area contributed by atoms with Gasteiger partial charge in [-0.1, -0.05) is 12.1 Å². The smallest absolute Gasteiger partial charge is 0.168 e. The molecule has 0 saturated carbocycles. The van der Waals surface area contributed by atoms with E-state index in [1.54, 1.807) is 6.07 Å². The van der Waals surface area contributed by atoms with Crippen molar-refractivity contribution in [3.05, 3.63) is 59.2 Å². The maximum absolute atomic E-state index is 14.0. The Labute approximate surface area is 121 Å². The Morgan fingerprint density at radius 2 is 1.76 bits per heavy atom. The molecule has 0 aromatic heterocycles. The van der Waals surface area contributed by atoms with Crippen LogP contribution in [-0.4, -0.2) is 20.0 Å². The molecule has 0 spiro atoms. The summed E-state index contributed by atoms with van der Waals surface area (Å²) in [6.07, 6.45) is -0.141. The minimum atomic E-state index is -0.567. The summed E-state index contributed by atoms with van der Waals surface area (Å²) in [5, 5.41) is 0. The number of ether oxygens (including phenoxy) is 2. The zero-order valence-electron chi connectivity index (χ0n) is 11.7. The number of carbonyl (C=O) groups is 1. The molecule has 5 heteroatoms. The maximum Gasteiger partial charge on any atom is 0.168 e. The molecule has 0 unspecified atom stereocenters. The van der Waals surface area contributed by atoms with E-state index in [1.807, 2.05) is 0 Å². The molecule has 0 amide bonds. The fourth-order valence-corrected chi connectivity index (χ4v) is 1.96. The van der Waals surface area contributed by atoms with E-state index < -0.39 is 11.6 Å². The second kappa shape index (κ2) is 6.35. The summed E-state index contributed by atoms with van der Waals surface area (Å²) in [5.74, 6) is -1.39. The van der Waals surface area contributed by atoms with Crippen molar-refractivity contribution in [3.8, 4) is 11.5 Å². The van der Waals surface area contributed by atoms with Crippen LogP contribution in [0.25, 0.3) is 0 Å². The monoisotopic (exact) mass is 292 g/mol. The molecule has 3 nitrogen and oxygen atoms in total. The first-order chi connectivity index (χ1) is 10.1. The van der Waals surface area contributed by atoms with Crippen LogP contribution in [0, 0.1) is 11.6 Å². The molecule has 0 radical (unpaired) electrons. The van der Waals surface area contributed by atoms with Crippen molar-refractivity contribution >= 4 is 5.78 Å². The molecular formula is C16H14F2O3. The van der Waals surface area contributed by atoms with Gasteiger partial charge in [0, 0.05) is 12.0 Å². The summed E-state index contributed by atoms with van der Waals surface area (Å²) in [4.78, 5) is 12.2. The molecule has 2 rings (SSSR count). The quantitative estimate of drug-likeness (QED) is 0.792. The Balaban J connectivity index is 2.26. The van der Waals surface area contributed by atoms with Gasteiger partial charge >= 0.3 is 0 Å². The second-order valence-electron chi connectivity index (χ2n) is 4.38. The lowest BCUT2D eigenvalue weighted by atomic mass is 10.0. The van der Waals surface area contributed by atoms with Gasteiger partial charge in [0.15, 0.2) is 28.9 Å². The lowest BCUT2D eigenvalue weighted by Gasteiger charge is -2.08. The average molecular weight is 292 g/mol. The van der Waals surface area contributed by atoms with Crippen LogP contribution in [0.2, 0.25) is 0 Å². The minimum Gasteiger partial charge on any atom is -0.494 e. The van der Waals surface area contributed by atoms with E-state index in [2.05, 4.69) is 0 Å². The largest absolute Gasteiger partial charge is 0.494 e. The van der Waals surface area contributed by atoms with Crippen molar-refractivity contribution in [1.82, 2.24) is 0 Å². The van der Waals surface area contributed by atoms with Crippen molar-refractivity contribution in [3.63, 3.8) is 0 Å². The Hall–Kier alpha value is -2.43. The first-order valence-electron chi connectivity index (χ1n) is 6.25. The number of benzene rings is 2. The molecule has 21 heavy (non-hydrogen) atoms. The fraction of sp³-hybridized carbons (Fsp3) is 0.188. The maximum atomic E-state index is 14.0.